The number of likely N-dealkylation sites (N-methyl/N-ethyl adjacent to an activating group) is 1. The Bertz CT molecular complexity index is 474. The van der Waals surface area contributed by atoms with Gasteiger partial charge in [-0.15, -0.1) is 5.11 Å². The Labute approximate surface area is 99.9 Å². The van der Waals surface area contributed by atoms with E-state index in [0.29, 0.717) is 5.69 Å². The van der Waals surface area contributed by atoms with Crippen molar-refractivity contribution in [2.24, 2.45) is 10.2 Å². The van der Waals surface area contributed by atoms with Crippen molar-refractivity contribution in [3.8, 4) is 0 Å². The smallest absolute Gasteiger partial charge is 0.275 e. The maximum absolute atomic E-state index is 11.4. The van der Waals surface area contributed by atoms with Gasteiger partial charge in [-0.3, -0.25) is 4.79 Å². The molecule has 0 aromatic heterocycles. The van der Waals surface area contributed by atoms with Gasteiger partial charge in [-0.2, -0.15) is 5.11 Å². The molecule has 0 aliphatic heterocycles. The first-order valence-corrected chi connectivity index (χ1v) is 5.15. The van der Waals surface area contributed by atoms with E-state index in [1.54, 1.807) is 6.07 Å². The number of azo groups is 1. The molecule has 5 nitrogen and oxygen atoms in total. The number of rotatable bonds is 3. The molecule has 0 radical (unpaired) electrons. The molecule has 1 aromatic carbocycles. The second-order valence-electron chi connectivity index (χ2n) is 3.55. The highest BCUT2D eigenvalue weighted by atomic mass is 16.3. The number of benzene rings is 1. The molecule has 0 bridgehead atoms. The second kappa shape index (κ2) is 5.79. The van der Waals surface area contributed by atoms with Crippen molar-refractivity contribution in [2.45, 2.75) is 13.8 Å². The number of nitrogens with one attached hydrogen (secondary N) is 1. The van der Waals surface area contributed by atoms with Gasteiger partial charge in [0.1, 0.15) is 5.76 Å². The largest absolute Gasteiger partial charge is 0.510 e. The van der Waals surface area contributed by atoms with Crippen molar-refractivity contribution < 1.29 is 9.90 Å². The van der Waals surface area contributed by atoms with Crippen LogP contribution in [-0.4, -0.2) is 18.1 Å². The van der Waals surface area contributed by atoms with Gasteiger partial charge in [0.2, 0.25) is 0 Å². The molecule has 90 valence electrons. The molecule has 0 aliphatic rings. The van der Waals surface area contributed by atoms with Crippen molar-refractivity contribution in [3.05, 3.63) is 41.3 Å². The number of nitrogens with zero attached hydrogens (tertiary/aromatic N) is 2. The summed E-state index contributed by atoms with van der Waals surface area (Å²) in [6.07, 6.45) is 0. The highest BCUT2D eigenvalue weighted by Crippen LogP contribution is 2.16. The van der Waals surface area contributed by atoms with Crippen LogP contribution in [0.15, 0.2) is 46.0 Å². The number of allylic oxidation sites excluding steroid dienone is 1. The van der Waals surface area contributed by atoms with Gasteiger partial charge in [0.05, 0.1) is 5.69 Å². The molecule has 0 heterocycles. The Morgan fingerprint density at radius 1 is 1.41 bits per heavy atom. The van der Waals surface area contributed by atoms with Gasteiger partial charge in [-0.05, 0) is 31.5 Å². The lowest BCUT2D eigenvalue weighted by atomic mass is 10.2. The standard InChI is InChI=1S/C12H15N3O2/c1-8-5-4-6-10(7-8)14-15-11(9(2)16)12(17)13-3/h4-7,16H,1-3H3,(H,13,17)/b11-9+,15-14?. The summed E-state index contributed by atoms with van der Waals surface area (Å²) in [6.45, 7) is 3.33. The molecule has 0 saturated heterocycles. The van der Waals surface area contributed by atoms with Crippen molar-refractivity contribution in [2.75, 3.05) is 7.05 Å². The minimum Gasteiger partial charge on any atom is -0.510 e. The fourth-order valence-corrected chi connectivity index (χ4v) is 1.20. The second-order valence-corrected chi connectivity index (χ2v) is 3.55. The number of carbonyl (C=O) groups is 1. The normalized spacial score (nSPS) is 12.4. The van der Waals surface area contributed by atoms with Crippen molar-refractivity contribution in [1.29, 1.82) is 0 Å². The Balaban J connectivity index is 2.96. The number of hydrogen-bond acceptors (Lipinski definition) is 4. The number of aliphatic hydroxyl groups is 1. The third kappa shape index (κ3) is 3.71. The molecule has 0 atom stereocenters. The Kier molecular flexibility index (Phi) is 4.39. The number of carbonyl (C=O) groups excluding carboxylic acids is 1. The average Bonchev–Trinajstić information content (AvgIpc) is 2.28. The maximum Gasteiger partial charge on any atom is 0.275 e. The van der Waals surface area contributed by atoms with Crippen LogP contribution in [0, 0.1) is 6.92 Å². The fourth-order valence-electron chi connectivity index (χ4n) is 1.20. The van der Waals surface area contributed by atoms with Crippen LogP contribution >= 0.6 is 0 Å². The zero-order valence-electron chi connectivity index (χ0n) is 10.1. The van der Waals surface area contributed by atoms with Crippen LogP contribution in [0.1, 0.15) is 12.5 Å². The lowest BCUT2D eigenvalue weighted by Crippen LogP contribution is -2.20. The van der Waals surface area contributed by atoms with E-state index in [2.05, 4.69) is 15.5 Å². The third-order valence-corrected chi connectivity index (χ3v) is 2.05. The first-order chi connectivity index (χ1) is 8.04. The summed E-state index contributed by atoms with van der Waals surface area (Å²) < 4.78 is 0. The molecule has 0 fully saturated rings. The number of aryl methyl sites for hydroxylation is 1. The summed E-state index contributed by atoms with van der Waals surface area (Å²) in [5, 5.41) is 19.3. The van der Waals surface area contributed by atoms with E-state index < -0.39 is 5.91 Å². The molecule has 5 heteroatoms. The summed E-state index contributed by atoms with van der Waals surface area (Å²) in [7, 11) is 1.47. The minimum atomic E-state index is -0.471. The topological polar surface area (TPSA) is 74.0 Å². The van der Waals surface area contributed by atoms with E-state index in [0.717, 1.165) is 5.56 Å². The van der Waals surface area contributed by atoms with E-state index >= 15 is 0 Å². The Morgan fingerprint density at radius 2 is 2.12 bits per heavy atom. The number of hydrogen-bond donors (Lipinski definition) is 2. The van der Waals surface area contributed by atoms with Gasteiger partial charge < -0.3 is 10.4 Å². The van der Waals surface area contributed by atoms with Crippen LogP contribution in [0.3, 0.4) is 0 Å². The average molecular weight is 233 g/mol. The van der Waals surface area contributed by atoms with Gasteiger partial charge in [-0.1, -0.05) is 12.1 Å². The molecular formula is C12H15N3O2. The molecule has 0 aliphatic carbocycles. The highest BCUT2D eigenvalue weighted by molar-refractivity contribution is 5.93. The van der Waals surface area contributed by atoms with E-state index in [1.807, 2.05) is 25.1 Å². The van der Waals surface area contributed by atoms with Crippen LogP contribution in [0.5, 0.6) is 0 Å². The number of aliphatic hydroxyl groups excluding tert-OH is 1. The maximum atomic E-state index is 11.4. The Morgan fingerprint density at radius 3 is 2.65 bits per heavy atom. The van der Waals surface area contributed by atoms with Crippen LogP contribution in [0.2, 0.25) is 0 Å². The fraction of sp³-hybridized carbons (Fsp3) is 0.250. The molecular weight excluding hydrogens is 218 g/mol. The third-order valence-electron chi connectivity index (χ3n) is 2.05. The summed E-state index contributed by atoms with van der Waals surface area (Å²) in [6, 6.07) is 7.38. The summed E-state index contributed by atoms with van der Waals surface area (Å²) in [4.78, 5) is 11.4. The quantitative estimate of drug-likeness (QED) is 0.478. The monoisotopic (exact) mass is 233 g/mol. The van der Waals surface area contributed by atoms with Gasteiger partial charge in [0.25, 0.3) is 5.91 Å². The van der Waals surface area contributed by atoms with Gasteiger partial charge in [0.15, 0.2) is 5.70 Å². The SMILES string of the molecule is CNC(=O)/C(N=Nc1cccc(C)c1)=C(/C)O. The first-order valence-electron chi connectivity index (χ1n) is 5.15. The first kappa shape index (κ1) is 12.9. The lowest BCUT2D eigenvalue weighted by molar-refractivity contribution is -0.117. The zero-order chi connectivity index (χ0) is 12.8. The molecule has 0 saturated carbocycles. The van der Waals surface area contributed by atoms with Crippen LogP contribution in [0.4, 0.5) is 5.69 Å². The molecule has 1 aromatic rings. The van der Waals surface area contributed by atoms with E-state index in [4.69, 9.17) is 0 Å². The van der Waals surface area contributed by atoms with Crippen LogP contribution in [0.25, 0.3) is 0 Å². The Hall–Kier alpha value is -2.17. The van der Waals surface area contributed by atoms with Gasteiger partial charge in [-0.25, -0.2) is 0 Å². The lowest BCUT2D eigenvalue weighted by Gasteiger charge is -2.00. The summed E-state index contributed by atoms with van der Waals surface area (Å²) >= 11 is 0. The van der Waals surface area contributed by atoms with E-state index in [-0.39, 0.29) is 11.5 Å². The van der Waals surface area contributed by atoms with Gasteiger partial charge in [0, 0.05) is 7.05 Å². The summed E-state index contributed by atoms with van der Waals surface area (Å²) in [5.74, 6) is -0.637. The summed E-state index contributed by atoms with van der Waals surface area (Å²) in [5.41, 5.74) is 1.59. The molecule has 0 unspecified atom stereocenters. The van der Waals surface area contributed by atoms with Crippen molar-refractivity contribution in [1.82, 2.24) is 5.32 Å². The predicted octanol–water partition coefficient (Wildman–Crippen LogP) is 2.61. The highest BCUT2D eigenvalue weighted by Gasteiger charge is 2.10. The van der Waals surface area contributed by atoms with Gasteiger partial charge >= 0.3 is 0 Å². The van der Waals surface area contributed by atoms with Crippen molar-refractivity contribution in [3.63, 3.8) is 0 Å². The van der Waals surface area contributed by atoms with E-state index in [1.165, 1.54) is 14.0 Å². The molecule has 2 N–H and O–H groups in total. The molecule has 17 heavy (non-hydrogen) atoms. The minimum absolute atomic E-state index is 0.0889. The number of amides is 1. The van der Waals surface area contributed by atoms with E-state index in [9.17, 15) is 9.90 Å². The predicted molar refractivity (Wildman–Crippen MR) is 65.1 cm³/mol. The molecule has 1 rings (SSSR count). The van der Waals surface area contributed by atoms with Crippen molar-refractivity contribution >= 4 is 11.6 Å². The van der Waals surface area contributed by atoms with Crippen LogP contribution < -0.4 is 5.32 Å². The molecule has 0 spiro atoms. The zero-order valence-corrected chi connectivity index (χ0v) is 10.1. The molecule has 1 amide bonds. The van der Waals surface area contributed by atoms with Crippen LogP contribution in [-0.2, 0) is 4.79 Å².